The lowest BCUT2D eigenvalue weighted by Gasteiger charge is -2.12. The standard InChI is InChI=1S/C26H19ClFN5O3/c1-15-5-10-20-23(35)21(26-31-24(32-36-26)17-3-2-4-19(28)11-17)13-33(25(20)30-15)14-22(34)29-12-16-6-8-18(27)9-7-16/h2-11,13H,12,14H2,1H3,(H,29,34). The Morgan fingerprint density at radius 1 is 1.11 bits per heavy atom. The largest absolute Gasteiger partial charge is 0.350 e. The fraction of sp³-hybridized carbons (Fsp3) is 0.115. The number of carbonyl (C=O) groups excluding carboxylic acids is 1. The molecule has 8 nitrogen and oxygen atoms in total. The van der Waals surface area contributed by atoms with E-state index < -0.39 is 5.82 Å². The van der Waals surface area contributed by atoms with E-state index in [4.69, 9.17) is 16.1 Å². The Balaban J connectivity index is 1.49. The number of pyridine rings is 2. The molecule has 1 N–H and O–H groups in total. The first-order valence-corrected chi connectivity index (χ1v) is 11.4. The normalized spacial score (nSPS) is 11.1. The van der Waals surface area contributed by atoms with E-state index in [2.05, 4.69) is 20.4 Å². The number of benzene rings is 2. The summed E-state index contributed by atoms with van der Waals surface area (Å²) in [5.74, 6) is -0.636. The van der Waals surface area contributed by atoms with Crippen LogP contribution in [0.3, 0.4) is 0 Å². The highest BCUT2D eigenvalue weighted by atomic mass is 35.5. The Kier molecular flexibility index (Phi) is 6.30. The predicted octanol–water partition coefficient (Wildman–Crippen LogP) is 4.53. The molecular formula is C26H19ClFN5O3. The van der Waals surface area contributed by atoms with Gasteiger partial charge in [-0.05, 0) is 48.9 Å². The molecule has 0 atom stereocenters. The number of fused-ring (bicyclic) bond motifs is 1. The van der Waals surface area contributed by atoms with Gasteiger partial charge in [0.1, 0.15) is 23.6 Å². The molecule has 0 aliphatic rings. The Morgan fingerprint density at radius 3 is 2.69 bits per heavy atom. The Hall–Kier alpha value is -4.37. The lowest BCUT2D eigenvalue weighted by Crippen LogP contribution is -2.28. The van der Waals surface area contributed by atoms with E-state index in [-0.39, 0.29) is 35.2 Å². The Morgan fingerprint density at radius 2 is 1.92 bits per heavy atom. The van der Waals surface area contributed by atoms with Gasteiger partial charge in [0.05, 0.1) is 5.39 Å². The minimum Gasteiger partial charge on any atom is -0.350 e. The molecule has 0 aliphatic carbocycles. The summed E-state index contributed by atoms with van der Waals surface area (Å²) in [6.45, 7) is 2.01. The van der Waals surface area contributed by atoms with Gasteiger partial charge in [-0.1, -0.05) is 41.0 Å². The fourth-order valence-corrected chi connectivity index (χ4v) is 3.85. The Labute approximate surface area is 209 Å². The van der Waals surface area contributed by atoms with Crippen LogP contribution in [0.4, 0.5) is 4.39 Å². The van der Waals surface area contributed by atoms with E-state index in [0.717, 1.165) is 5.56 Å². The van der Waals surface area contributed by atoms with Gasteiger partial charge < -0.3 is 14.4 Å². The van der Waals surface area contributed by atoms with E-state index in [1.54, 1.807) is 41.8 Å². The van der Waals surface area contributed by atoms with Crippen LogP contribution in [0.25, 0.3) is 33.9 Å². The van der Waals surface area contributed by atoms with Crippen LogP contribution in [0.1, 0.15) is 11.3 Å². The van der Waals surface area contributed by atoms with Crippen molar-refractivity contribution in [2.75, 3.05) is 0 Å². The lowest BCUT2D eigenvalue weighted by atomic mass is 10.1. The maximum absolute atomic E-state index is 13.6. The van der Waals surface area contributed by atoms with Crippen LogP contribution in [0.2, 0.25) is 5.02 Å². The second-order valence-electron chi connectivity index (χ2n) is 8.16. The van der Waals surface area contributed by atoms with E-state index in [1.165, 1.54) is 24.4 Å². The summed E-state index contributed by atoms with van der Waals surface area (Å²) < 4.78 is 20.5. The molecule has 0 spiro atoms. The lowest BCUT2D eigenvalue weighted by molar-refractivity contribution is -0.121. The third-order valence-electron chi connectivity index (χ3n) is 5.52. The highest BCUT2D eigenvalue weighted by Gasteiger charge is 2.19. The predicted molar refractivity (Wildman–Crippen MR) is 133 cm³/mol. The number of halogens is 2. The highest BCUT2D eigenvalue weighted by molar-refractivity contribution is 6.30. The van der Waals surface area contributed by atoms with Gasteiger partial charge in [0.2, 0.25) is 17.2 Å². The summed E-state index contributed by atoms with van der Waals surface area (Å²) in [4.78, 5) is 34.8. The second kappa shape index (κ2) is 9.71. The zero-order valence-corrected chi connectivity index (χ0v) is 19.8. The molecule has 3 heterocycles. The minimum atomic E-state index is -0.446. The number of nitrogens with one attached hydrogen (secondary N) is 1. The van der Waals surface area contributed by atoms with Crippen LogP contribution in [-0.4, -0.2) is 25.6 Å². The van der Waals surface area contributed by atoms with Crippen molar-refractivity contribution in [1.82, 2.24) is 25.0 Å². The zero-order chi connectivity index (χ0) is 25.2. The molecule has 0 saturated carbocycles. The van der Waals surface area contributed by atoms with Crippen LogP contribution < -0.4 is 10.7 Å². The average molecular weight is 504 g/mol. The van der Waals surface area contributed by atoms with Gasteiger partial charge >= 0.3 is 0 Å². The van der Waals surface area contributed by atoms with Crippen molar-refractivity contribution in [3.63, 3.8) is 0 Å². The third-order valence-corrected chi connectivity index (χ3v) is 5.77. The van der Waals surface area contributed by atoms with Gasteiger partial charge in [-0.25, -0.2) is 9.37 Å². The molecular weight excluding hydrogens is 485 g/mol. The molecule has 0 radical (unpaired) electrons. The molecule has 0 unspecified atom stereocenters. The summed E-state index contributed by atoms with van der Waals surface area (Å²) in [7, 11) is 0. The molecule has 5 aromatic rings. The summed E-state index contributed by atoms with van der Waals surface area (Å²) >= 11 is 5.91. The van der Waals surface area contributed by atoms with E-state index in [1.807, 2.05) is 12.1 Å². The zero-order valence-electron chi connectivity index (χ0n) is 19.0. The minimum absolute atomic E-state index is 0.0444. The number of nitrogens with zero attached hydrogens (tertiary/aromatic N) is 4. The van der Waals surface area contributed by atoms with Crippen molar-refractivity contribution in [3.8, 4) is 22.8 Å². The third kappa shape index (κ3) is 4.87. The Bertz CT molecular complexity index is 1650. The maximum atomic E-state index is 13.6. The van der Waals surface area contributed by atoms with Crippen molar-refractivity contribution >= 4 is 28.5 Å². The second-order valence-corrected chi connectivity index (χ2v) is 8.60. The molecule has 3 aromatic heterocycles. The molecule has 0 bridgehead atoms. The summed E-state index contributed by atoms with van der Waals surface area (Å²) in [6, 6.07) is 16.2. The van der Waals surface area contributed by atoms with Crippen LogP contribution in [0, 0.1) is 12.7 Å². The molecule has 0 fully saturated rings. The first kappa shape index (κ1) is 23.4. The van der Waals surface area contributed by atoms with Crippen LogP contribution in [-0.2, 0) is 17.9 Å². The molecule has 0 aliphatic heterocycles. The van der Waals surface area contributed by atoms with Crippen LogP contribution in [0.5, 0.6) is 0 Å². The van der Waals surface area contributed by atoms with Crippen molar-refractivity contribution < 1.29 is 13.7 Å². The number of carbonyl (C=O) groups is 1. The summed E-state index contributed by atoms with van der Waals surface area (Å²) in [5.41, 5.74) is 2.08. The van der Waals surface area contributed by atoms with Crippen LogP contribution >= 0.6 is 11.6 Å². The summed E-state index contributed by atoms with van der Waals surface area (Å²) in [5, 5.41) is 7.66. The summed E-state index contributed by atoms with van der Waals surface area (Å²) in [6.07, 6.45) is 1.47. The highest BCUT2D eigenvalue weighted by Crippen LogP contribution is 2.23. The maximum Gasteiger partial charge on any atom is 0.263 e. The SMILES string of the molecule is Cc1ccc2c(=O)c(-c3nc(-c4cccc(F)c4)no3)cn(CC(=O)NCc3ccc(Cl)cc3)c2n1. The number of hydrogen-bond donors (Lipinski definition) is 1. The van der Waals surface area contributed by atoms with Gasteiger partial charge in [-0.15, -0.1) is 0 Å². The fourth-order valence-electron chi connectivity index (χ4n) is 3.72. The van der Waals surface area contributed by atoms with Crippen LogP contribution in [0.15, 0.2) is 76.2 Å². The first-order valence-electron chi connectivity index (χ1n) is 11.0. The quantitative estimate of drug-likeness (QED) is 0.365. The van der Waals surface area contributed by atoms with Crippen molar-refractivity contribution in [2.45, 2.75) is 20.0 Å². The molecule has 180 valence electrons. The average Bonchev–Trinajstić information content (AvgIpc) is 3.35. The van der Waals surface area contributed by atoms with Crippen molar-refractivity contribution in [3.05, 3.63) is 99.2 Å². The van der Waals surface area contributed by atoms with Gasteiger partial charge in [-0.3, -0.25) is 9.59 Å². The monoisotopic (exact) mass is 503 g/mol. The van der Waals surface area contributed by atoms with Gasteiger partial charge in [0.15, 0.2) is 0 Å². The van der Waals surface area contributed by atoms with Gasteiger partial charge in [0, 0.05) is 29.0 Å². The molecule has 36 heavy (non-hydrogen) atoms. The topological polar surface area (TPSA) is 103 Å². The van der Waals surface area contributed by atoms with Gasteiger partial charge in [0.25, 0.3) is 5.89 Å². The number of aromatic nitrogens is 4. The number of aryl methyl sites for hydroxylation is 1. The number of hydrogen-bond acceptors (Lipinski definition) is 6. The molecule has 5 rings (SSSR count). The molecule has 0 saturated heterocycles. The number of amides is 1. The molecule has 2 aromatic carbocycles. The van der Waals surface area contributed by atoms with E-state index >= 15 is 0 Å². The van der Waals surface area contributed by atoms with E-state index in [0.29, 0.717) is 33.9 Å². The molecule has 10 heteroatoms. The van der Waals surface area contributed by atoms with E-state index in [9.17, 15) is 14.0 Å². The smallest absolute Gasteiger partial charge is 0.263 e. The van der Waals surface area contributed by atoms with Gasteiger partial charge in [-0.2, -0.15) is 4.98 Å². The first-order chi connectivity index (χ1) is 17.4. The van der Waals surface area contributed by atoms with Crippen molar-refractivity contribution in [1.29, 1.82) is 0 Å². The van der Waals surface area contributed by atoms with Crippen molar-refractivity contribution in [2.24, 2.45) is 0 Å². The molecule has 1 amide bonds. The number of rotatable bonds is 6.